The normalized spacial score (nSPS) is 15.5. The largest absolute Gasteiger partial charge is 0.381 e. The van der Waals surface area contributed by atoms with Crippen LogP contribution < -0.4 is 20.4 Å². The lowest BCUT2D eigenvalue weighted by Gasteiger charge is -2.38. The number of benzene rings is 1. The second kappa shape index (κ2) is 10.1. The third-order valence-corrected chi connectivity index (χ3v) is 6.48. The van der Waals surface area contributed by atoms with Crippen molar-refractivity contribution in [1.82, 2.24) is 25.5 Å². The van der Waals surface area contributed by atoms with E-state index in [0.29, 0.717) is 12.1 Å². The molecule has 0 bridgehead atoms. The zero-order valence-corrected chi connectivity index (χ0v) is 21.0. The summed E-state index contributed by atoms with van der Waals surface area (Å²) in [5.41, 5.74) is 5.35. The zero-order chi connectivity index (χ0) is 23.5. The summed E-state index contributed by atoms with van der Waals surface area (Å²) in [7, 11) is 0. The average Bonchev–Trinajstić information content (AvgIpc) is 3.23. The van der Waals surface area contributed by atoms with Crippen LogP contribution >= 0.6 is 11.6 Å². The van der Waals surface area contributed by atoms with E-state index < -0.39 is 0 Å². The molecule has 1 aromatic carbocycles. The van der Waals surface area contributed by atoms with Gasteiger partial charge >= 0.3 is 0 Å². The van der Waals surface area contributed by atoms with Crippen molar-refractivity contribution in [3.05, 3.63) is 34.7 Å². The van der Waals surface area contributed by atoms with E-state index in [9.17, 15) is 0 Å². The zero-order valence-electron chi connectivity index (χ0n) is 20.2. The van der Waals surface area contributed by atoms with E-state index >= 15 is 0 Å². The van der Waals surface area contributed by atoms with Crippen LogP contribution in [0.25, 0.3) is 11.0 Å². The van der Waals surface area contributed by atoms with Crippen molar-refractivity contribution in [3.8, 4) is 0 Å². The minimum atomic E-state index is 0.303. The molecule has 1 unspecified atom stereocenters. The molecule has 0 saturated carbocycles. The van der Waals surface area contributed by atoms with Crippen molar-refractivity contribution in [2.45, 2.75) is 53.1 Å². The van der Waals surface area contributed by atoms with Gasteiger partial charge in [-0.15, -0.1) is 0 Å². The highest BCUT2D eigenvalue weighted by Crippen LogP contribution is 2.33. The number of hydrogen-bond donors (Lipinski definition) is 3. The Balaban J connectivity index is 1.49. The van der Waals surface area contributed by atoms with Crippen LogP contribution in [0.4, 0.5) is 17.2 Å². The Morgan fingerprint density at radius 3 is 2.52 bits per heavy atom. The molecule has 9 heteroatoms. The second-order valence-electron chi connectivity index (χ2n) is 9.13. The highest BCUT2D eigenvalue weighted by Gasteiger charge is 2.24. The first-order valence-electron chi connectivity index (χ1n) is 11.8. The van der Waals surface area contributed by atoms with E-state index in [0.717, 1.165) is 72.4 Å². The number of aromatic nitrogens is 4. The summed E-state index contributed by atoms with van der Waals surface area (Å²) in [5, 5.41) is 16.4. The Labute approximate surface area is 201 Å². The Bertz CT molecular complexity index is 1090. The summed E-state index contributed by atoms with van der Waals surface area (Å²) in [5.74, 6) is 0.974. The van der Waals surface area contributed by atoms with E-state index in [1.165, 1.54) is 11.3 Å². The minimum Gasteiger partial charge on any atom is -0.381 e. The molecule has 0 amide bonds. The van der Waals surface area contributed by atoms with E-state index in [-0.39, 0.29) is 0 Å². The highest BCUT2D eigenvalue weighted by atomic mass is 35.5. The van der Waals surface area contributed by atoms with Gasteiger partial charge in [-0.3, -0.25) is 5.10 Å². The van der Waals surface area contributed by atoms with Gasteiger partial charge in [0, 0.05) is 66.9 Å². The molecule has 1 fully saturated rings. The molecule has 4 rings (SSSR count). The van der Waals surface area contributed by atoms with Gasteiger partial charge in [-0.25, -0.2) is 9.97 Å². The van der Waals surface area contributed by atoms with Crippen LogP contribution in [0.5, 0.6) is 0 Å². The van der Waals surface area contributed by atoms with Crippen LogP contribution in [-0.2, 0) is 6.42 Å². The quantitative estimate of drug-likeness (QED) is 0.458. The molecule has 33 heavy (non-hydrogen) atoms. The molecule has 1 atom stereocenters. The van der Waals surface area contributed by atoms with Crippen molar-refractivity contribution < 1.29 is 0 Å². The summed E-state index contributed by atoms with van der Waals surface area (Å²) in [4.78, 5) is 13.7. The fourth-order valence-electron chi connectivity index (χ4n) is 4.43. The van der Waals surface area contributed by atoms with Gasteiger partial charge in [-0.2, -0.15) is 5.10 Å². The van der Waals surface area contributed by atoms with Gasteiger partial charge in [0.2, 0.25) is 0 Å². The first-order chi connectivity index (χ1) is 15.9. The number of rotatable bonds is 8. The summed E-state index contributed by atoms with van der Waals surface area (Å²) in [6.45, 7) is 15.3. The molecule has 1 aliphatic rings. The first-order valence-corrected chi connectivity index (χ1v) is 12.2. The standard InChI is InChI=1S/C24H35ClN8/c1-6-19-22-23(31-30-19)27-14-28-24(22)33-9-7-32(8-10-33)21-12-18(25)11-20(17(21)5)29-16(4)13-26-15(2)3/h11-12,14-16,26,29H,6-10,13H2,1-5H3,(H,27,28,30,31). The number of aromatic amines is 1. The SMILES string of the molecule is CCc1[nH]nc2ncnc(N3CCN(c4cc(Cl)cc(NC(C)CNC(C)C)c4C)CC3)c12. The molecule has 0 aliphatic carbocycles. The lowest BCUT2D eigenvalue weighted by molar-refractivity contribution is 0.559. The van der Waals surface area contributed by atoms with Crippen LogP contribution in [0, 0.1) is 6.92 Å². The van der Waals surface area contributed by atoms with Crippen LogP contribution in [0.1, 0.15) is 39.0 Å². The number of fused-ring (bicyclic) bond motifs is 1. The van der Waals surface area contributed by atoms with Crippen LogP contribution in [0.3, 0.4) is 0 Å². The highest BCUT2D eigenvalue weighted by molar-refractivity contribution is 6.31. The molecule has 0 spiro atoms. The molecule has 3 aromatic rings. The number of nitrogens with one attached hydrogen (secondary N) is 3. The van der Waals surface area contributed by atoms with Gasteiger partial charge in [-0.1, -0.05) is 32.4 Å². The van der Waals surface area contributed by atoms with Crippen LogP contribution in [-0.4, -0.2) is 65.0 Å². The van der Waals surface area contributed by atoms with Crippen molar-refractivity contribution in [2.24, 2.45) is 0 Å². The van der Waals surface area contributed by atoms with Crippen molar-refractivity contribution in [1.29, 1.82) is 0 Å². The third-order valence-electron chi connectivity index (χ3n) is 6.26. The van der Waals surface area contributed by atoms with Gasteiger partial charge in [0.15, 0.2) is 5.65 Å². The molecule has 3 heterocycles. The first kappa shape index (κ1) is 23.6. The monoisotopic (exact) mass is 470 g/mol. The molecule has 8 nitrogen and oxygen atoms in total. The van der Waals surface area contributed by atoms with Crippen molar-refractivity contribution in [3.63, 3.8) is 0 Å². The summed E-state index contributed by atoms with van der Waals surface area (Å²) in [6.07, 6.45) is 2.48. The fourth-order valence-corrected chi connectivity index (χ4v) is 4.64. The Morgan fingerprint density at radius 2 is 1.82 bits per heavy atom. The van der Waals surface area contributed by atoms with Crippen molar-refractivity contribution in [2.75, 3.05) is 47.8 Å². The lowest BCUT2D eigenvalue weighted by Crippen LogP contribution is -2.47. The topological polar surface area (TPSA) is 85.0 Å². The maximum Gasteiger partial charge on any atom is 0.186 e. The van der Waals surface area contributed by atoms with Crippen LogP contribution in [0.2, 0.25) is 5.02 Å². The van der Waals surface area contributed by atoms with E-state index in [2.05, 4.69) is 81.3 Å². The number of nitrogens with zero attached hydrogens (tertiary/aromatic N) is 5. The molecule has 0 radical (unpaired) electrons. The fraction of sp³-hybridized carbons (Fsp3) is 0.542. The Hall–Kier alpha value is -2.58. The van der Waals surface area contributed by atoms with Gasteiger partial charge in [0.25, 0.3) is 0 Å². The Morgan fingerprint density at radius 1 is 1.09 bits per heavy atom. The third kappa shape index (κ3) is 5.17. The van der Waals surface area contributed by atoms with Gasteiger partial charge in [-0.05, 0) is 38.0 Å². The van der Waals surface area contributed by atoms with Crippen molar-refractivity contribution >= 4 is 39.8 Å². The number of hydrogen-bond acceptors (Lipinski definition) is 7. The predicted molar refractivity (Wildman–Crippen MR) is 138 cm³/mol. The average molecular weight is 471 g/mol. The number of anilines is 3. The predicted octanol–water partition coefficient (Wildman–Crippen LogP) is 4.00. The molecule has 1 saturated heterocycles. The number of piperazine rings is 1. The van der Waals surface area contributed by atoms with Crippen LogP contribution in [0.15, 0.2) is 18.5 Å². The van der Waals surface area contributed by atoms with E-state index in [1.54, 1.807) is 6.33 Å². The maximum absolute atomic E-state index is 6.54. The summed E-state index contributed by atoms with van der Waals surface area (Å²) < 4.78 is 0. The number of H-pyrrole nitrogens is 1. The number of halogens is 1. The van der Waals surface area contributed by atoms with Gasteiger partial charge in [0.05, 0.1) is 5.39 Å². The van der Waals surface area contributed by atoms with Gasteiger partial charge in [0.1, 0.15) is 12.1 Å². The summed E-state index contributed by atoms with van der Waals surface area (Å²) in [6, 6.07) is 4.89. The minimum absolute atomic E-state index is 0.303. The lowest BCUT2D eigenvalue weighted by atomic mass is 10.1. The molecular weight excluding hydrogens is 436 g/mol. The molecular formula is C24H35ClN8. The maximum atomic E-state index is 6.54. The molecule has 178 valence electrons. The molecule has 1 aliphatic heterocycles. The smallest absolute Gasteiger partial charge is 0.186 e. The molecule has 2 aromatic heterocycles. The van der Waals surface area contributed by atoms with E-state index in [4.69, 9.17) is 11.6 Å². The Kier molecular flexibility index (Phi) is 7.24. The van der Waals surface area contributed by atoms with E-state index in [1.807, 2.05) is 6.07 Å². The summed E-state index contributed by atoms with van der Waals surface area (Å²) >= 11 is 6.54. The molecule has 3 N–H and O–H groups in total. The second-order valence-corrected chi connectivity index (χ2v) is 9.57. The van der Waals surface area contributed by atoms with Gasteiger partial charge < -0.3 is 20.4 Å². The number of aryl methyl sites for hydroxylation is 1.